The third-order valence-electron chi connectivity index (χ3n) is 4.50. The number of nitro benzene ring substituents is 1. The number of hydrogen-bond donors (Lipinski definition) is 3. The summed E-state index contributed by atoms with van der Waals surface area (Å²) in [6.45, 7) is -0.363. The number of rotatable bonds is 7. The van der Waals surface area contributed by atoms with E-state index in [-0.39, 0.29) is 23.3 Å². The van der Waals surface area contributed by atoms with Crippen LogP contribution in [0.3, 0.4) is 0 Å². The Labute approximate surface area is 194 Å². The molecule has 0 spiro atoms. The fourth-order valence-electron chi connectivity index (χ4n) is 2.98. The molecule has 2 amide bonds. The van der Waals surface area contributed by atoms with Crippen LogP contribution in [0.1, 0.15) is 17.0 Å². The first-order chi connectivity index (χ1) is 15.9. The highest BCUT2D eigenvalue weighted by atomic mass is 32.1. The number of nitro groups is 1. The molecule has 0 radical (unpaired) electrons. The number of nitrogens with one attached hydrogen (secondary N) is 3. The van der Waals surface area contributed by atoms with Crippen molar-refractivity contribution in [3.05, 3.63) is 106 Å². The average molecular weight is 465 g/mol. The highest BCUT2D eigenvalue weighted by molar-refractivity contribution is 7.80. The molecule has 3 aromatic carbocycles. The lowest BCUT2D eigenvalue weighted by molar-refractivity contribution is -0.384. The summed E-state index contributed by atoms with van der Waals surface area (Å²) < 4.78 is 5.26. The monoisotopic (exact) mass is 464 g/mol. The standard InChI is InChI=1S/C23H20N4O5S/c28-20(15-32-19-13-11-18(12-14-19)27(30)31)25-26-23(33)24-22(29)21(16-7-3-1-4-8-16)17-9-5-2-6-10-17/h1-14,21H,15H2,(H,25,28)(H2,24,26,29,33). The molecule has 10 heteroatoms. The van der Waals surface area contributed by atoms with Gasteiger partial charge in [0.05, 0.1) is 10.8 Å². The van der Waals surface area contributed by atoms with Crippen molar-refractivity contribution in [1.82, 2.24) is 16.2 Å². The molecule has 0 heterocycles. The predicted octanol–water partition coefficient (Wildman–Crippen LogP) is 2.83. The Balaban J connectivity index is 1.52. The van der Waals surface area contributed by atoms with E-state index in [9.17, 15) is 19.7 Å². The number of non-ortho nitro benzene ring substituents is 1. The van der Waals surface area contributed by atoms with Crippen LogP contribution in [0, 0.1) is 10.1 Å². The Morgan fingerprint density at radius 3 is 1.94 bits per heavy atom. The molecule has 3 N–H and O–H groups in total. The number of carbonyl (C=O) groups excluding carboxylic acids is 2. The van der Waals surface area contributed by atoms with Crippen LogP contribution in [0.4, 0.5) is 5.69 Å². The van der Waals surface area contributed by atoms with E-state index >= 15 is 0 Å². The lowest BCUT2D eigenvalue weighted by Crippen LogP contribution is -2.50. The van der Waals surface area contributed by atoms with Gasteiger partial charge in [-0.3, -0.25) is 30.6 Å². The molecule has 0 aliphatic heterocycles. The second-order valence-corrected chi connectivity index (χ2v) is 7.19. The molecule has 0 fully saturated rings. The highest BCUT2D eigenvalue weighted by Crippen LogP contribution is 2.24. The average Bonchev–Trinajstić information content (AvgIpc) is 2.83. The van der Waals surface area contributed by atoms with Crippen LogP contribution in [0.2, 0.25) is 0 Å². The van der Waals surface area contributed by atoms with Crippen LogP contribution in [0.15, 0.2) is 84.9 Å². The summed E-state index contributed by atoms with van der Waals surface area (Å²) in [5.74, 6) is -1.22. The molecule has 0 atom stereocenters. The topological polar surface area (TPSA) is 123 Å². The van der Waals surface area contributed by atoms with Crippen LogP contribution in [0.25, 0.3) is 0 Å². The first kappa shape index (κ1) is 23.4. The van der Waals surface area contributed by atoms with Crippen molar-refractivity contribution in [2.24, 2.45) is 0 Å². The number of carbonyl (C=O) groups is 2. The molecular formula is C23H20N4O5S. The van der Waals surface area contributed by atoms with Gasteiger partial charge in [-0.1, -0.05) is 60.7 Å². The van der Waals surface area contributed by atoms with Gasteiger partial charge in [0.2, 0.25) is 5.91 Å². The second-order valence-electron chi connectivity index (χ2n) is 6.79. The van der Waals surface area contributed by atoms with Gasteiger partial charge in [-0.25, -0.2) is 0 Å². The third-order valence-corrected chi connectivity index (χ3v) is 4.70. The number of hydrazine groups is 1. The Hall–Kier alpha value is -4.31. The Bertz CT molecular complexity index is 1090. The minimum atomic E-state index is -0.590. The van der Waals surface area contributed by atoms with Crippen molar-refractivity contribution in [2.75, 3.05) is 6.61 Å². The lowest BCUT2D eigenvalue weighted by atomic mass is 9.90. The summed E-state index contributed by atoms with van der Waals surface area (Å²) in [7, 11) is 0. The molecule has 0 aromatic heterocycles. The SMILES string of the molecule is O=C(COc1ccc([N+](=O)[O-])cc1)NNC(=S)NC(=O)C(c1ccccc1)c1ccccc1. The quantitative estimate of drug-likeness (QED) is 0.279. The van der Waals surface area contributed by atoms with E-state index in [1.807, 2.05) is 60.7 Å². The molecule has 0 aliphatic rings. The third kappa shape index (κ3) is 6.84. The summed E-state index contributed by atoms with van der Waals surface area (Å²) in [6.07, 6.45) is 0. The van der Waals surface area contributed by atoms with E-state index < -0.39 is 16.7 Å². The van der Waals surface area contributed by atoms with E-state index in [0.29, 0.717) is 5.75 Å². The molecule has 3 aromatic rings. The molecule has 0 saturated carbocycles. The van der Waals surface area contributed by atoms with E-state index in [2.05, 4.69) is 16.2 Å². The van der Waals surface area contributed by atoms with Gasteiger partial charge in [0, 0.05) is 12.1 Å². The van der Waals surface area contributed by atoms with Gasteiger partial charge in [-0.2, -0.15) is 0 Å². The zero-order chi connectivity index (χ0) is 23.6. The summed E-state index contributed by atoms with van der Waals surface area (Å²) >= 11 is 5.12. The van der Waals surface area contributed by atoms with Gasteiger partial charge in [-0.15, -0.1) is 0 Å². The Morgan fingerprint density at radius 1 is 0.879 bits per heavy atom. The van der Waals surface area contributed by atoms with Crippen LogP contribution in [-0.4, -0.2) is 28.5 Å². The summed E-state index contributed by atoms with van der Waals surface area (Å²) in [4.78, 5) is 35.1. The van der Waals surface area contributed by atoms with Crippen molar-refractivity contribution >= 4 is 34.8 Å². The summed E-state index contributed by atoms with van der Waals surface area (Å²) in [5.41, 5.74) is 6.30. The summed E-state index contributed by atoms with van der Waals surface area (Å²) in [5, 5.41) is 13.2. The number of thiocarbonyl (C=S) groups is 1. The van der Waals surface area contributed by atoms with E-state index in [1.54, 1.807) is 0 Å². The van der Waals surface area contributed by atoms with Crippen LogP contribution in [0.5, 0.6) is 5.75 Å². The molecule has 9 nitrogen and oxygen atoms in total. The fourth-order valence-corrected chi connectivity index (χ4v) is 3.13. The van der Waals surface area contributed by atoms with Gasteiger partial charge < -0.3 is 10.1 Å². The van der Waals surface area contributed by atoms with Gasteiger partial charge in [0.1, 0.15) is 5.75 Å². The zero-order valence-corrected chi connectivity index (χ0v) is 18.1. The van der Waals surface area contributed by atoms with Crippen molar-refractivity contribution in [2.45, 2.75) is 5.92 Å². The zero-order valence-electron chi connectivity index (χ0n) is 17.3. The molecule has 0 aliphatic carbocycles. The van der Waals surface area contributed by atoms with Crippen LogP contribution < -0.4 is 20.9 Å². The first-order valence-electron chi connectivity index (χ1n) is 9.81. The maximum atomic E-state index is 13.0. The second kappa shape index (κ2) is 11.3. The summed E-state index contributed by atoms with van der Waals surface area (Å²) in [6, 6.07) is 23.8. The number of amides is 2. The van der Waals surface area contributed by atoms with Gasteiger partial charge in [-0.05, 0) is 35.5 Å². The molecule has 0 saturated heterocycles. The number of nitrogens with zero attached hydrogens (tertiary/aromatic N) is 1. The van der Waals surface area contributed by atoms with Gasteiger partial charge in [0.25, 0.3) is 11.6 Å². The van der Waals surface area contributed by atoms with E-state index in [4.69, 9.17) is 17.0 Å². The van der Waals surface area contributed by atoms with E-state index in [0.717, 1.165) is 11.1 Å². The lowest BCUT2D eigenvalue weighted by Gasteiger charge is -2.18. The minimum Gasteiger partial charge on any atom is -0.484 e. The first-order valence-corrected chi connectivity index (χ1v) is 10.2. The minimum absolute atomic E-state index is 0.0828. The number of hydrogen-bond acceptors (Lipinski definition) is 6. The largest absolute Gasteiger partial charge is 0.484 e. The molecular weight excluding hydrogens is 444 g/mol. The van der Waals surface area contributed by atoms with Gasteiger partial charge >= 0.3 is 0 Å². The fraction of sp³-hybridized carbons (Fsp3) is 0.0870. The van der Waals surface area contributed by atoms with Crippen molar-refractivity contribution in [3.63, 3.8) is 0 Å². The van der Waals surface area contributed by atoms with Crippen molar-refractivity contribution in [1.29, 1.82) is 0 Å². The molecule has 0 bridgehead atoms. The van der Waals surface area contributed by atoms with Crippen molar-refractivity contribution < 1.29 is 19.2 Å². The van der Waals surface area contributed by atoms with E-state index in [1.165, 1.54) is 24.3 Å². The molecule has 3 rings (SSSR count). The normalized spacial score (nSPS) is 10.2. The number of ether oxygens (including phenoxy) is 1. The molecule has 0 unspecified atom stereocenters. The predicted molar refractivity (Wildman–Crippen MR) is 125 cm³/mol. The number of benzene rings is 3. The molecule has 168 valence electrons. The Kier molecular flexibility index (Phi) is 8.03. The van der Waals surface area contributed by atoms with Gasteiger partial charge in [0.15, 0.2) is 11.7 Å². The maximum Gasteiger partial charge on any atom is 0.276 e. The van der Waals surface area contributed by atoms with Crippen molar-refractivity contribution in [3.8, 4) is 5.75 Å². The highest BCUT2D eigenvalue weighted by Gasteiger charge is 2.23. The maximum absolute atomic E-state index is 13.0. The smallest absolute Gasteiger partial charge is 0.276 e. The molecule has 33 heavy (non-hydrogen) atoms. The Morgan fingerprint density at radius 2 is 1.42 bits per heavy atom. The van der Waals surface area contributed by atoms with Crippen LogP contribution >= 0.6 is 12.2 Å². The van der Waals surface area contributed by atoms with Crippen LogP contribution in [-0.2, 0) is 9.59 Å².